The zero-order valence-electron chi connectivity index (χ0n) is 23.9. The van der Waals surface area contributed by atoms with Gasteiger partial charge in [0.2, 0.25) is 12.7 Å². The second kappa shape index (κ2) is 12.1. The molecule has 2 saturated heterocycles. The number of hydrogen-bond donors (Lipinski definition) is 1. The SMILES string of the molecule is CC[C@H](C(=O)N1CCN(c2ccc(NC(=O)c3ccc4c(c3)OCO4)cc2C(=O)N2CCCC2)CC1)c1ccccc1. The maximum absolute atomic E-state index is 13.7. The Hall–Kier alpha value is -4.53. The Kier molecular flexibility index (Phi) is 7.99. The first-order chi connectivity index (χ1) is 20.5. The first kappa shape index (κ1) is 27.6. The van der Waals surface area contributed by atoms with Crippen LogP contribution in [0.5, 0.6) is 11.5 Å². The molecule has 3 heterocycles. The molecular formula is C33H36N4O5. The van der Waals surface area contributed by atoms with Crippen LogP contribution in [-0.2, 0) is 4.79 Å². The average Bonchev–Trinajstić information content (AvgIpc) is 3.74. The first-order valence-corrected chi connectivity index (χ1v) is 14.7. The number of anilines is 2. The number of ether oxygens (including phenoxy) is 2. The molecular weight excluding hydrogens is 532 g/mol. The van der Waals surface area contributed by atoms with Gasteiger partial charge >= 0.3 is 0 Å². The van der Waals surface area contributed by atoms with Crippen molar-refractivity contribution in [3.63, 3.8) is 0 Å². The van der Waals surface area contributed by atoms with Crippen LogP contribution in [0, 0.1) is 0 Å². The van der Waals surface area contributed by atoms with E-state index in [4.69, 9.17) is 9.47 Å². The number of carbonyl (C=O) groups excluding carboxylic acids is 3. The standard InChI is InChI=1S/C33H36N4O5/c1-2-26(23-8-4-3-5-9-23)32(39)37-18-16-35(17-19-37)28-12-11-25(21-27(28)33(40)36-14-6-7-15-36)34-31(38)24-10-13-29-30(20-24)42-22-41-29/h3-5,8-13,20-21,26H,2,6-7,14-19,22H2,1H3,(H,34,38)/t26-/m0/s1. The molecule has 0 spiro atoms. The Morgan fingerprint density at radius 1 is 0.810 bits per heavy atom. The van der Waals surface area contributed by atoms with Crippen LogP contribution in [0.4, 0.5) is 11.4 Å². The predicted molar refractivity (Wildman–Crippen MR) is 160 cm³/mol. The second-order valence-corrected chi connectivity index (χ2v) is 10.9. The third-order valence-electron chi connectivity index (χ3n) is 8.35. The minimum atomic E-state index is -0.295. The summed E-state index contributed by atoms with van der Waals surface area (Å²) in [5.41, 5.74) is 3.43. The Morgan fingerprint density at radius 3 is 2.29 bits per heavy atom. The fourth-order valence-corrected chi connectivity index (χ4v) is 6.02. The van der Waals surface area contributed by atoms with Crippen LogP contribution in [-0.4, -0.2) is 73.6 Å². The van der Waals surface area contributed by atoms with Gasteiger partial charge in [0.1, 0.15) is 0 Å². The van der Waals surface area contributed by atoms with E-state index in [-0.39, 0.29) is 30.4 Å². The molecule has 3 aromatic rings. The Labute approximate surface area is 246 Å². The third-order valence-corrected chi connectivity index (χ3v) is 8.35. The normalized spacial score (nSPS) is 16.8. The van der Waals surface area contributed by atoms with E-state index in [1.165, 1.54) is 0 Å². The minimum Gasteiger partial charge on any atom is -0.454 e. The van der Waals surface area contributed by atoms with Crippen molar-refractivity contribution >= 4 is 29.1 Å². The highest BCUT2D eigenvalue weighted by atomic mass is 16.7. The van der Waals surface area contributed by atoms with E-state index in [2.05, 4.69) is 17.1 Å². The lowest BCUT2D eigenvalue weighted by Crippen LogP contribution is -2.50. The molecule has 218 valence electrons. The van der Waals surface area contributed by atoms with Gasteiger partial charge in [-0.15, -0.1) is 0 Å². The van der Waals surface area contributed by atoms with E-state index < -0.39 is 0 Å². The first-order valence-electron chi connectivity index (χ1n) is 14.7. The van der Waals surface area contributed by atoms with Gasteiger partial charge in [-0.3, -0.25) is 14.4 Å². The molecule has 9 nitrogen and oxygen atoms in total. The highest BCUT2D eigenvalue weighted by Gasteiger charge is 2.30. The minimum absolute atomic E-state index is 0.0321. The zero-order valence-corrected chi connectivity index (χ0v) is 23.9. The van der Waals surface area contributed by atoms with Crippen LogP contribution in [0.15, 0.2) is 66.7 Å². The van der Waals surface area contributed by atoms with Gasteiger partial charge in [0.05, 0.1) is 11.5 Å². The lowest BCUT2D eigenvalue weighted by atomic mass is 9.94. The summed E-state index contributed by atoms with van der Waals surface area (Å²) in [6.45, 7) is 6.07. The monoisotopic (exact) mass is 568 g/mol. The molecule has 0 bridgehead atoms. The fourth-order valence-electron chi connectivity index (χ4n) is 6.02. The van der Waals surface area contributed by atoms with Crippen molar-refractivity contribution in [2.45, 2.75) is 32.1 Å². The van der Waals surface area contributed by atoms with Crippen molar-refractivity contribution in [1.29, 1.82) is 0 Å². The second-order valence-electron chi connectivity index (χ2n) is 10.9. The number of fused-ring (bicyclic) bond motifs is 1. The van der Waals surface area contributed by atoms with Gasteiger partial charge in [0, 0.05) is 56.2 Å². The number of likely N-dealkylation sites (tertiary alicyclic amines) is 1. The molecule has 6 rings (SSSR count). The van der Waals surface area contributed by atoms with E-state index >= 15 is 0 Å². The van der Waals surface area contributed by atoms with Crippen molar-refractivity contribution in [2.75, 3.05) is 56.3 Å². The maximum Gasteiger partial charge on any atom is 0.256 e. The van der Waals surface area contributed by atoms with E-state index in [0.717, 1.165) is 43.6 Å². The number of nitrogens with one attached hydrogen (secondary N) is 1. The van der Waals surface area contributed by atoms with Crippen LogP contribution >= 0.6 is 0 Å². The smallest absolute Gasteiger partial charge is 0.256 e. The molecule has 3 aliphatic rings. The fraction of sp³-hybridized carbons (Fsp3) is 0.364. The van der Waals surface area contributed by atoms with Crippen LogP contribution in [0.25, 0.3) is 0 Å². The topological polar surface area (TPSA) is 91.4 Å². The molecule has 0 aliphatic carbocycles. The number of hydrogen-bond acceptors (Lipinski definition) is 6. The van der Waals surface area contributed by atoms with Crippen molar-refractivity contribution in [3.05, 3.63) is 83.4 Å². The summed E-state index contributed by atoms with van der Waals surface area (Å²) >= 11 is 0. The summed E-state index contributed by atoms with van der Waals surface area (Å²) in [4.78, 5) is 46.2. The predicted octanol–water partition coefficient (Wildman–Crippen LogP) is 4.75. The van der Waals surface area contributed by atoms with Crippen molar-refractivity contribution < 1.29 is 23.9 Å². The number of amides is 3. The van der Waals surface area contributed by atoms with E-state index in [1.54, 1.807) is 24.3 Å². The largest absolute Gasteiger partial charge is 0.454 e. The molecule has 42 heavy (non-hydrogen) atoms. The van der Waals surface area contributed by atoms with Crippen LogP contribution in [0.1, 0.15) is 58.4 Å². The molecule has 0 unspecified atom stereocenters. The molecule has 0 aromatic heterocycles. The quantitative estimate of drug-likeness (QED) is 0.443. The van der Waals surface area contributed by atoms with Crippen LogP contribution in [0.3, 0.4) is 0 Å². The summed E-state index contributed by atoms with van der Waals surface area (Å²) in [5, 5.41) is 2.94. The van der Waals surface area contributed by atoms with Crippen molar-refractivity contribution in [1.82, 2.24) is 9.80 Å². The van der Waals surface area contributed by atoms with Gasteiger partial charge in [0.25, 0.3) is 11.8 Å². The highest BCUT2D eigenvalue weighted by Crippen LogP contribution is 2.33. The van der Waals surface area contributed by atoms with Crippen LogP contribution < -0.4 is 19.7 Å². The van der Waals surface area contributed by atoms with Gasteiger partial charge in [-0.25, -0.2) is 0 Å². The van der Waals surface area contributed by atoms with Gasteiger partial charge in [-0.2, -0.15) is 0 Å². The van der Waals surface area contributed by atoms with Gasteiger partial charge in [-0.05, 0) is 61.2 Å². The lowest BCUT2D eigenvalue weighted by molar-refractivity contribution is -0.133. The molecule has 3 aliphatic heterocycles. The third kappa shape index (κ3) is 5.64. The van der Waals surface area contributed by atoms with E-state index in [1.807, 2.05) is 52.3 Å². The summed E-state index contributed by atoms with van der Waals surface area (Å²) < 4.78 is 10.8. The van der Waals surface area contributed by atoms with Crippen molar-refractivity contribution in [2.24, 2.45) is 0 Å². The van der Waals surface area contributed by atoms with E-state index in [9.17, 15) is 14.4 Å². The molecule has 2 fully saturated rings. The molecule has 1 atom stereocenters. The molecule has 0 radical (unpaired) electrons. The van der Waals surface area contributed by atoms with Gasteiger partial charge in [-0.1, -0.05) is 37.3 Å². The van der Waals surface area contributed by atoms with E-state index in [0.29, 0.717) is 54.5 Å². The molecule has 9 heteroatoms. The number of nitrogens with zero attached hydrogens (tertiary/aromatic N) is 3. The summed E-state index contributed by atoms with van der Waals surface area (Å²) in [6.07, 6.45) is 2.72. The molecule has 3 aromatic carbocycles. The molecule has 3 amide bonds. The average molecular weight is 569 g/mol. The number of piperazine rings is 1. The summed E-state index contributed by atoms with van der Waals surface area (Å²) in [6, 6.07) is 20.5. The summed E-state index contributed by atoms with van der Waals surface area (Å²) in [5.74, 6) is 0.819. The number of carbonyl (C=O) groups is 3. The van der Waals surface area contributed by atoms with Crippen molar-refractivity contribution in [3.8, 4) is 11.5 Å². The van der Waals surface area contributed by atoms with Gasteiger partial charge in [0.15, 0.2) is 11.5 Å². The summed E-state index contributed by atoms with van der Waals surface area (Å²) in [7, 11) is 0. The Balaban J connectivity index is 1.19. The van der Waals surface area contributed by atoms with Crippen LogP contribution in [0.2, 0.25) is 0 Å². The number of benzene rings is 3. The highest BCUT2D eigenvalue weighted by molar-refractivity contribution is 6.06. The Bertz CT molecular complexity index is 1460. The van der Waals surface area contributed by atoms with Gasteiger partial charge < -0.3 is 29.5 Å². The Morgan fingerprint density at radius 2 is 1.55 bits per heavy atom. The molecule has 0 saturated carbocycles. The number of rotatable bonds is 7. The lowest BCUT2D eigenvalue weighted by Gasteiger charge is -2.38. The molecule has 1 N–H and O–H groups in total. The zero-order chi connectivity index (χ0) is 29.1. The maximum atomic E-state index is 13.7.